The van der Waals surface area contributed by atoms with Crippen LogP contribution in [0.1, 0.15) is 16.7 Å². The minimum Gasteiger partial charge on any atom is -0.488 e. The molecule has 0 atom stereocenters. The van der Waals surface area contributed by atoms with E-state index in [0.29, 0.717) is 28.5 Å². The van der Waals surface area contributed by atoms with E-state index in [1.54, 1.807) is 6.21 Å². The molecule has 3 N–H and O–H groups in total. The Morgan fingerprint density at radius 1 is 1.06 bits per heavy atom. The molecule has 0 fully saturated rings. The van der Waals surface area contributed by atoms with Crippen molar-refractivity contribution in [3.8, 4) is 5.75 Å². The molecule has 0 saturated carbocycles. The number of thioether (sulfide) groups is 1. The average Bonchev–Trinajstić information content (AvgIpc) is 3.17. The highest BCUT2D eigenvalue weighted by molar-refractivity contribution is 9.10. The van der Waals surface area contributed by atoms with Gasteiger partial charge < -0.3 is 10.6 Å². The Bertz CT molecular complexity index is 1250. The fourth-order valence-electron chi connectivity index (χ4n) is 2.85. The minimum atomic E-state index is 0.331. The second-order valence-electron chi connectivity index (χ2n) is 6.92. The molecule has 4 rings (SSSR count). The highest BCUT2D eigenvalue weighted by atomic mass is 79.9. The molecule has 3 aromatic carbocycles. The SMILES string of the molecule is Nn1c(N/N=C/c2ccccc2OCc2cccc(Br)c2)nnc1SCc1ccc(Cl)cc1. The second-order valence-corrected chi connectivity index (χ2v) is 9.21. The number of hydrogen-bond acceptors (Lipinski definition) is 7. The van der Waals surface area contributed by atoms with Crippen LogP contribution in [0, 0.1) is 0 Å². The number of ether oxygens (including phenoxy) is 1. The lowest BCUT2D eigenvalue weighted by Crippen LogP contribution is -2.13. The molecule has 0 radical (unpaired) electrons. The predicted molar refractivity (Wildman–Crippen MR) is 137 cm³/mol. The summed E-state index contributed by atoms with van der Waals surface area (Å²) in [4.78, 5) is 0. The summed E-state index contributed by atoms with van der Waals surface area (Å²) in [5.74, 6) is 7.85. The molecule has 4 aromatic rings. The molecule has 1 aromatic heterocycles. The maximum absolute atomic E-state index is 6.11. The molecule has 33 heavy (non-hydrogen) atoms. The maximum atomic E-state index is 6.11. The number of hydrogen-bond donors (Lipinski definition) is 2. The Morgan fingerprint density at radius 2 is 1.88 bits per heavy atom. The van der Waals surface area contributed by atoms with E-state index in [1.165, 1.54) is 16.4 Å². The fourth-order valence-corrected chi connectivity index (χ4v) is 4.23. The molecule has 7 nitrogen and oxygen atoms in total. The number of para-hydroxylation sites is 1. The summed E-state index contributed by atoms with van der Waals surface area (Å²) >= 11 is 10.9. The van der Waals surface area contributed by atoms with Crippen LogP contribution in [0.4, 0.5) is 5.95 Å². The molecule has 0 saturated heterocycles. The lowest BCUT2D eigenvalue weighted by molar-refractivity contribution is 0.305. The summed E-state index contributed by atoms with van der Waals surface area (Å²) in [5.41, 5.74) is 5.83. The van der Waals surface area contributed by atoms with Gasteiger partial charge >= 0.3 is 0 Å². The van der Waals surface area contributed by atoms with Crippen LogP contribution in [-0.2, 0) is 12.4 Å². The maximum Gasteiger partial charge on any atom is 0.264 e. The van der Waals surface area contributed by atoms with Crippen molar-refractivity contribution < 1.29 is 4.74 Å². The lowest BCUT2D eigenvalue weighted by atomic mass is 10.2. The van der Waals surface area contributed by atoms with Gasteiger partial charge in [-0.1, -0.05) is 75.7 Å². The van der Waals surface area contributed by atoms with Gasteiger partial charge in [-0.25, -0.2) is 10.1 Å². The molecule has 168 valence electrons. The minimum absolute atomic E-state index is 0.331. The van der Waals surface area contributed by atoms with Crippen molar-refractivity contribution in [2.24, 2.45) is 5.10 Å². The monoisotopic (exact) mass is 542 g/mol. The van der Waals surface area contributed by atoms with E-state index in [0.717, 1.165) is 26.9 Å². The van der Waals surface area contributed by atoms with Gasteiger partial charge in [-0.2, -0.15) is 5.10 Å². The van der Waals surface area contributed by atoms with Crippen LogP contribution >= 0.6 is 39.3 Å². The lowest BCUT2D eigenvalue weighted by Gasteiger charge is -2.09. The van der Waals surface area contributed by atoms with Gasteiger partial charge in [-0.05, 0) is 47.5 Å². The highest BCUT2D eigenvalue weighted by Crippen LogP contribution is 2.23. The average molecular weight is 544 g/mol. The van der Waals surface area contributed by atoms with E-state index in [2.05, 4.69) is 36.7 Å². The molecule has 0 bridgehead atoms. The summed E-state index contributed by atoms with van der Waals surface area (Å²) in [6.07, 6.45) is 1.66. The first-order chi connectivity index (χ1) is 16.1. The van der Waals surface area contributed by atoms with Gasteiger partial charge in [0.05, 0.1) is 6.21 Å². The van der Waals surface area contributed by atoms with E-state index < -0.39 is 0 Å². The smallest absolute Gasteiger partial charge is 0.264 e. The summed E-state index contributed by atoms with van der Waals surface area (Å²) in [6.45, 7) is 0.447. The summed E-state index contributed by atoms with van der Waals surface area (Å²) in [7, 11) is 0. The van der Waals surface area contributed by atoms with Gasteiger partial charge in [-0.3, -0.25) is 0 Å². The number of hydrazone groups is 1. The van der Waals surface area contributed by atoms with Crippen LogP contribution in [0.5, 0.6) is 5.75 Å². The van der Waals surface area contributed by atoms with Crippen LogP contribution in [0.2, 0.25) is 5.02 Å². The first-order valence-electron chi connectivity index (χ1n) is 9.91. The molecule has 0 amide bonds. The number of nitrogens with two attached hydrogens (primary N) is 1. The van der Waals surface area contributed by atoms with Gasteiger partial charge in [0.1, 0.15) is 12.4 Å². The largest absolute Gasteiger partial charge is 0.488 e. The van der Waals surface area contributed by atoms with Crippen LogP contribution in [0.3, 0.4) is 0 Å². The Morgan fingerprint density at radius 3 is 2.70 bits per heavy atom. The summed E-state index contributed by atoms with van der Waals surface area (Å²) < 4.78 is 8.36. The van der Waals surface area contributed by atoms with Gasteiger partial charge in [0.25, 0.3) is 5.95 Å². The molecular weight excluding hydrogens is 524 g/mol. The number of nitrogens with one attached hydrogen (secondary N) is 1. The van der Waals surface area contributed by atoms with Crippen LogP contribution in [0.25, 0.3) is 0 Å². The molecule has 0 aliphatic carbocycles. The van der Waals surface area contributed by atoms with Crippen molar-refractivity contribution in [2.75, 3.05) is 11.3 Å². The van der Waals surface area contributed by atoms with Crippen molar-refractivity contribution in [1.29, 1.82) is 0 Å². The molecule has 1 heterocycles. The molecule has 0 spiro atoms. The molecule has 10 heteroatoms. The topological polar surface area (TPSA) is 90.3 Å². The highest BCUT2D eigenvalue weighted by Gasteiger charge is 2.10. The molecule has 0 aliphatic rings. The van der Waals surface area contributed by atoms with Gasteiger partial charge in [0.2, 0.25) is 5.16 Å². The van der Waals surface area contributed by atoms with Crippen molar-refractivity contribution in [3.05, 3.63) is 99.0 Å². The van der Waals surface area contributed by atoms with Crippen molar-refractivity contribution >= 4 is 51.5 Å². The number of anilines is 1. The summed E-state index contributed by atoms with van der Waals surface area (Å²) in [5, 5.41) is 13.7. The van der Waals surface area contributed by atoms with Crippen molar-refractivity contribution in [2.45, 2.75) is 17.5 Å². The molecule has 0 unspecified atom stereocenters. The Hall–Kier alpha value is -3.01. The van der Waals surface area contributed by atoms with Gasteiger partial charge in [-0.15, -0.1) is 10.2 Å². The van der Waals surface area contributed by atoms with Crippen molar-refractivity contribution in [3.63, 3.8) is 0 Å². The Balaban J connectivity index is 1.36. The van der Waals surface area contributed by atoms with Crippen LogP contribution in [-0.4, -0.2) is 21.1 Å². The quantitative estimate of drug-likeness (QED) is 0.121. The van der Waals surface area contributed by atoms with Crippen LogP contribution < -0.4 is 16.0 Å². The van der Waals surface area contributed by atoms with Crippen molar-refractivity contribution in [1.82, 2.24) is 14.9 Å². The first-order valence-corrected chi connectivity index (χ1v) is 12.1. The number of aromatic nitrogens is 3. The number of nitrogens with zero attached hydrogens (tertiary/aromatic N) is 4. The third-order valence-corrected chi connectivity index (χ3v) is 6.28. The summed E-state index contributed by atoms with van der Waals surface area (Å²) in [6, 6.07) is 23.3. The predicted octanol–water partition coefficient (Wildman–Crippen LogP) is 5.73. The third-order valence-electron chi connectivity index (χ3n) is 4.52. The van der Waals surface area contributed by atoms with E-state index in [1.807, 2.05) is 72.8 Å². The number of benzene rings is 3. The molecular formula is C23H20BrClN6OS. The first kappa shape index (κ1) is 23.2. The fraction of sp³-hybridized carbons (Fsp3) is 0.0870. The normalized spacial score (nSPS) is 11.1. The van der Waals surface area contributed by atoms with Gasteiger partial charge in [0, 0.05) is 20.8 Å². The standard InChI is InChI=1S/C23H20BrClN6OS/c24-19-6-3-4-17(12-19)14-32-21-7-2-1-5-18(21)13-27-28-22-29-30-23(31(22)26)33-15-16-8-10-20(25)11-9-16/h1-13H,14-15,26H2,(H,28,29)/b27-13+. The van der Waals surface area contributed by atoms with E-state index in [9.17, 15) is 0 Å². The third kappa shape index (κ3) is 6.50. The number of nitrogen functional groups attached to an aromatic ring is 1. The Labute approximate surface area is 209 Å². The zero-order chi connectivity index (χ0) is 23.0. The number of halogens is 2. The number of rotatable bonds is 9. The van der Waals surface area contributed by atoms with E-state index in [4.69, 9.17) is 22.2 Å². The van der Waals surface area contributed by atoms with E-state index in [-0.39, 0.29) is 0 Å². The zero-order valence-corrected chi connectivity index (χ0v) is 20.5. The molecule has 0 aliphatic heterocycles. The Kier molecular flexibility index (Phi) is 7.87. The van der Waals surface area contributed by atoms with Gasteiger partial charge in [0.15, 0.2) is 0 Å². The zero-order valence-electron chi connectivity index (χ0n) is 17.4. The van der Waals surface area contributed by atoms with E-state index >= 15 is 0 Å². The second kappa shape index (κ2) is 11.2. The van der Waals surface area contributed by atoms with Crippen LogP contribution in [0.15, 0.2) is 87.5 Å².